The Morgan fingerprint density at radius 3 is 2.28 bits per heavy atom. The minimum atomic E-state index is -4.43. The number of halogens is 4. The molecule has 3 aromatic rings. The van der Waals surface area contributed by atoms with E-state index in [2.05, 4.69) is 0 Å². The number of allylic oxidation sites excluding steroid dienone is 1. The van der Waals surface area contributed by atoms with Crippen LogP contribution in [-0.4, -0.2) is 5.78 Å². The van der Waals surface area contributed by atoms with E-state index >= 15 is 0 Å². The fourth-order valence-corrected chi connectivity index (χ4v) is 2.60. The molecule has 0 aliphatic heterocycles. The Hall–Kier alpha value is -3.41. The number of rotatable bonds is 6. The number of hydrogen-bond donors (Lipinski definition) is 0. The SMILES string of the molecule is O=C(C=Cc1ccc(C(F)(F)F)cc1)c1cc(F)ccc1OCc1ccccc1. The van der Waals surface area contributed by atoms with Crippen LogP contribution >= 0.6 is 0 Å². The predicted octanol–water partition coefficient (Wildman–Crippen LogP) is 6.32. The predicted molar refractivity (Wildman–Crippen MR) is 102 cm³/mol. The van der Waals surface area contributed by atoms with Gasteiger partial charge in [-0.15, -0.1) is 0 Å². The molecule has 0 radical (unpaired) electrons. The molecule has 0 heterocycles. The molecule has 6 heteroatoms. The summed E-state index contributed by atoms with van der Waals surface area (Å²) in [5.41, 5.74) is 0.553. The normalized spacial score (nSPS) is 11.6. The maximum absolute atomic E-state index is 13.7. The summed E-state index contributed by atoms with van der Waals surface area (Å²) in [7, 11) is 0. The van der Waals surface area contributed by atoms with E-state index in [9.17, 15) is 22.4 Å². The Labute approximate surface area is 165 Å². The maximum Gasteiger partial charge on any atom is 0.416 e. The average molecular weight is 400 g/mol. The van der Waals surface area contributed by atoms with Crippen LogP contribution in [0.2, 0.25) is 0 Å². The third-order valence-corrected chi connectivity index (χ3v) is 4.11. The molecule has 29 heavy (non-hydrogen) atoms. The number of carbonyl (C=O) groups excluding carboxylic acids is 1. The standard InChI is InChI=1S/C23H16F4O2/c24-19-11-13-22(29-15-17-4-2-1-3-5-17)20(14-19)21(28)12-8-16-6-9-18(10-7-16)23(25,26)27/h1-14H,15H2. The zero-order chi connectivity index (χ0) is 20.9. The monoisotopic (exact) mass is 400 g/mol. The highest BCUT2D eigenvalue weighted by molar-refractivity contribution is 6.08. The third kappa shape index (κ3) is 5.54. The fourth-order valence-electron chi connectivity index (χ4n) is 2.60. The van der Waals surface area contributed by atoms with Gasteiger partial charge in [-0.25, -0.2) is 4.39 Å². The van der Waals surface area contributed by atoms with Gasteiger partial charge in [0.15, 0.2) is 5.78 Å². The minimum Gasteiger partial charge on any atom is -0.488 e. The molecule has 0 amide bonds. The molecule has 0 fully saturated rings. The molecule has 0 spiro atoms. The van der Waals surface area contributed by atoms with E-state index in [1.165, 1.54) is 36.4 Å². The zero-order valence-electron chi connectivity index (χ0n) is 15.1. The van der Waals surface area contributed by atoms with Crippen LogP contribution < -0.4 is 4.74 Å². The first-order valence-corrected chi connectivity index (χ1v) is 8.69. The molecule has 0 unspecified atom stereocenters. The van der Waals surface area contributed by atoms with Crippen molar-refractivity contribution in [2.75, 3.05) is 0 Å². The third-order valence-electron chi connectivity index (χ3n) is 4.11. The summed E-state index contributed by atoms with van der Waals surface area (Å²) in [6.07, 6.45) is -1.88. The van der Waals surface area contributed by atoms with Gasteiger partial charge in [-0.1, -0.05) is 48.5 Å². The van der Waals surface area contributed by atoms with Crippen LogP contribution in [-0.2, 0) is 12.8 Å². The summed E-state index contributed by atoms with van der Waals surface area (Å²) in [4.78, 5) is 12.5. The molecule has 3 rings (SSSR count). The van der Waals surface area contributed by atoms with Crippen LogP contribution in [0.4, 0.5) is 17.6 Å². The van der Waals surface area contributed by atoms with Crippen LogP contribution in [0.25, 0.3) is 6.08 Å². The molecule has 0 saturated heterocycles. The smallest absolute Gasteiger partial charge is 0.416 e. The van der Waals surface area contributed by atoms with Crippen LogP contribution in [0.1, 0.15) is 27.0 Å². The summed E-state index contributed by atoms with van der Waals surface area (Å²) in [6.45, 7) is 0.204. The zero-order valence-corrected chi connectivity index (χ0v) is 15.1. The number of benzene rings is 3. The summed E-state index contributed by atoms with van der Waals surface area (Å²) >= 11 is 0. The van der Waals surface area contributed by atoms with Crippen molar-refractivity contribution in [1.29, 1.82) is 0 Å². The van der Waals surface area contributed by atoms with Crippen LogP contribution in [0, 0.1) is 5.82 Å². The molecular weight excluding hydrogens is 384 g/mol. The lowest BCUT2D eigenvalue weighted by Crippen LogP contribution is -2.04. The van der Waals surface area contributed by atoms with Crippen molar-refractivity contribution in [3.8, 4) is 5.75 Å². The Kier molecular flexibility index (Phi) is 6.12. The van der Waals surface area contributed by atoms with Gasteiger partial charge in [0.25, 0.3) is 0 Å². The molecule has 148 valence electrons. The molecule has 0 atom stereocenters. The molecule has 0 aromatic heterocycles. The topological polar surface area (TPSA) is 26.3 Å². The second-order valence-corrected chi connectivity index (χ2v) is 6.23. The highest BCUT2D eigenvalue weighted by Crippen LogP contribution is 2.29. The maximum atomic E-state index is 13.7. The number of ketones is 1. The second-order valence-electron chi connectivity index (χ2n) is 6.23. The molecule has 0 saturated carbocycles. The van der Waals surface area contributed by atoms with Gasteiger partial charge in [-0.05, 0) is 47.5 Å². The summed E-state index contributed by atoms with van der Waals surface area (Å²) in [5.74, 6) is -0.895. The number of ether oxygens (including phenoxy) is 1. The Bertz CT molecular complexity index is 1010. The van der Waals surface area contributed by atoms with Crippen molar-refractivity contribution < 1.29 is 27.1 Å². The molecule has 0 aliphatic carbocycles. The Morgan fingerprint density at radius 1 is 0.931 bits per heavy atom. The van der Waals surface area contributed by atoms with Crippen molar-refractivity contribution in [3.63, 3.8) is 0 Å². The van der Waals surface area contributed by atoms with Crippen molar-refractivity contribution in [2.45, 2.75) is 12.8 Å². The van der Waals surface area contributed by atoms with Gasteiger partial charge in [0.2, 0.25) is 0 Å². The Morgan fingerprint density at radius 2 is 1.62 bits per heavy atom. The number of alkyl halides is 3. The molecule has 3 aromatic carbocycles. The lowest BCUT2D eigenvalue weighted by atomic mass is 10.1. The molecule has 0 bridgehead atoms. The molecule has 0 aliphatic rings. The highest BCUT2D eigenvalue weighted by Gasteiger charge is 2.29. The minimum absolute atomic E-state index is 0.0316. The van der Waals surface area contributed by atoms with E-state index < -0.39 is 23.3 Å². The van der Waals surface area contributed by atoms with Crippen molar-refractivity contribution in [1.82, 2.24) is 0 Å². The second kappa shape index (κ2) is 8.73. The van der Waals surface area contributed by atoms with E-state index in [0.717, 1.165) is 23.8 Å². The summed E-state index contributed by atoms with van der Waals surface area (Å²) in [5, 5.41) is 0. The van der Waals surface area contributed by atoms with E-state index in [4.69, 9.17) is 4.74 Å². The van der Waals surface area contributed by atoms with Crippen molar-refractivity contribution >= 4 is 11.9 Å². The fraction of sp³-hybridized carbons (Fsp3) is 0.0870. The van der Waals surface area contributed by atoms with Gasteiger partial charge in [-0.2, -0.15) is 13.2 Å². The lowest BCUT2D eigenvalue weighted by Gasteiger charge is -2.10. The quantitative estimate of drug-likeness (QED) is 0.275. The lowest BCUT2D eigenvalue weighted by molar-refractivity contribution is -0.137. The first-order valence-electron chi connectivity index (χ1n) is 8.69. The largest absolute Gasteiger partial charge is 0.488 e. The molecule has 2 nitrogen and oxygen atoms in total. The van der Waals surface area contributed by atoms with E-state index in [1.807, 2.05) is 30.3 Å². The highest BCUT2D eigenvalue weighted by atomic mass is 19.4. The van der Waals surface area contributed by atoms with Crippen LogP contribution in [0.5, 0.6) is 5.75 Å². The van der Waals surface area contributed by atoms with Gasteiger partial charge < -0.3 is 4.74 Å². The van der Waals surface area contributed by atoms with Crippen molar-refractivity contribution in [3.05, 3.63) is 107 Å². The van der Waals surface area contributed by atoms with Crippen molar-refractivity contribution in [2.24, 2.45) is 0 Å². The van der Waals surface area contributed by atoms with E-state index in [0.29, 0.717) is 5.56 Å². The average Bonchev–Trinajstić information content (AvgIpc) is 2.71. The van der Waals surface area contributed by atoms with Gasteiger partial charge in [-0.3, -0.25) is 4.79 Å². The Balaban J connectivity index is 1.76. The van der Waals surface area contributed by atoms with Crippen LogP contribution in [0.3, 0.4) is 0 Å². The van der Waals surface area contributed by atoms with Gasteiger partial charge in [0.1, 0.15) is 18.2 Å². The van der Waals surface area contributed by atoms with Gasteiger partial charge in [0, 0.05) is 0 Å². The number of carbonyl (C=O) groups is 1. The van der Waals surface area contributed by atoms with E-state index in [-0.39, 0.29) is 17.9 Å². The van der Waals surface area contributed by atoms with Gasteiger partial charge >= 0.3 is 6.18 Å². The first-order chi connectivity index (χ1) is 13.8. The summed E-state index contributed by atoms with van der Waals surface area (Å²) < 4.78 is 57.1. The van der Waals surface area contributed by atoms with Gasteiger partial charge in [0.05, 0.1) is 11.1 Å². The molecule has 0 N–H and O–H groups in total. The van der Waals surface area contributed by atoms with Crippen LogP contribution in [0.15, 0.2) is 78.9 Å². The molecular formula is C23H16F4O2. The number of hydrogen-bond acceptors (Lipinski definition) is 2. The first kappa shape index (κ1) is 20.3. The van der Waals surface area contributed by atoms with E-state index in [1.54, 1.807) is 0 Å². The summed E-state index contributed by atoms with van der Waals surface area (Å²) in [6, 6.07) is 17.3.